The van der Waals surface area contributed by atoms with Crippen LogP contribution in [-0.4, -0.2) is 49.5 Å². The van der Waals surface area contributed by atoms with Gasteiger partial charge in [-0.15, -0.1) is 0 Å². The Kier molecular flexibility index (Phi) is 9.16. The second-order valence-corrected chi connectivity index (χ2v) is 4.93. The van der Waals surface area contributed by atoms with Gasteiger partial charge in [-0.3, -0.25) is 4.79 Å². The van der Waals surface area contributed by atoms with E-state index < -0.39 is 12.1 Å². The SMILES string of the molecule is COC(CNC(=O)CCOC(C)CC(C)C)C(=O)O. The second kappa shape index (κ2) is 9.75. The molecule has 6 nitrogen and oxygen atoms in total. The maximum atomic E-state index is 11.5. The predicted molar refractivity (Wildman–Crippen MR) is 70.9 cm³/mol. The Morgan fingerprint density at radius 1 is 1.26 bits per heavy atom. The predicted octanol–water partition coefficient (Wildman–Crippen LogP) is 1.04. The average molecular weight is 275 g/mol. The molecule has 0 aromatic heterocycles. The lowest BCUT2D eigenvalue weighted by Crippen LogP contribution is -2.38. The molecule has 0 aliphatic rings. The molecular weight excluding hydrogens is 250 g/mol. The van der Waals surface area contributed by atoms with E-state index in [9.17, 15) is 9.59 Å². The molecule has 0 rings (SSSR count). The van der Waals surface area contributed by atoms with Crippen molar-refractivity contribution < 1.29 is 24.2 Å². The number of aliphatic carboxylic acids is 1. The van der Waals surface area contributed by atoms with Gasteiger partial charge in [0.2, 0.25) is 5.91 Å². The fourth-order valence-electron chi connectivity index (χ4n) is 1.65. The molecule has 2 N–H and O–H groups in total. The Hall–Kier alpha value is -1.14. The highest BCUT2D eigenvalue weighted by atomic mass is 16.5. The lowest BCUT2D eigenvalue weighted by Gasteiger charge is -2.15. The van der Waals surface area contributed by atoms with Crippen LogP contribution >= 0.6 is 0 Å². The quantitative estimate of drug-likeness (QED) is 0.622. The van der Waals surface area contributed by atoms with Crippen molar-refractivity contribution in [3.8, 4) is 0 Å². The number of carbonyl (C=O) groups is 2. The van der Waals surface area contributed by atoms with E-state index in [1.54, 1.807) is 0 Å². The Bertz CT molecular complexity index is 280. The van der Waals surface area contributed by atoms with Gasteiger partial charge in [0.05, 0.1) is 19.3 Å². The molecule has 2 atom stereocenters. The Morgan fingerprint density at radius 2 is 1.89 bits per heavy atom. The fraction of sp³-hybridized carbons (Fsp3) is 0.846. The maximum absolute atomic E-state index is 11.5. The summed E-state index contributed by atoms with van der Waals surface area (Å²) in [5.41, 5.74) is 0. The van der Waals surface area contributed by atoms with Crippen LogP contribution in [-0.2, 0) is 19.1 Å². The normalized spacial score (nSPS) is 14.2. The summed E-state index contributed by atoms with van der Waals surface area (Å²) in [5.74, 6) is -0.772. The number of carboxylic acids is 1. The van der Waals surface area contributed by atoms with Crippen molar-refractivity contribution in [2.24, 2.45) is 5.92 Å². The van der Waals surface area contributed by atoms with Crippen molar-refractivity contribution in [1.82, 2.24) is 5.32 Å². The van der Waals surface area contributed by atoms with E-state index in [0.29, 0.717) is 12.5 Å². The molecule has 0 saturated carbocycles. The van der Waals surface area contributed by atoms with E-state index >= 15 is 0 Å². The van der Waals surface area contributed by atoms with Crippen LogP contribution in [0.15, 0.2) is 0 Å². The summed E-state index contributed by atoms with van der Waals surface area (Å²) >= 11 is 0. The zero-order chi connectivity index (χ0) is 14.8. The van der Waals surface area contributed by atoms with Crippen LogP contribution in [0.25, 0.3) is 0 Å². The number of amides is 1. The monoisotopic (exact) mass is 275 g/mol. The molecule has 0 aliphatic carbocycles. The zero-order valence-corrected chi connectivity index (χ0v) is 12.1. The lowest BCUT2D eigenvalue weighted by molar-refractivity contribution is -0.148. The van der Waals surface area contributed by atoms with Crippen LogP contribution in [0.4, 0.5) is 0 Å². The molecule has 6 heteroatoms. The Balaban J connectivity index is 3.73. The summed E-state index contributed by atoms with van der Waals surface area (Å²) in [6, 6.07) is 0. The number of carbonyl (C=O) groups excluding carboxylic acids is 1. The molecule has 0 radical (unpaired) electrons. The van der Waals surface area contributed by atoms with E-state index in [4.69, 9.17) is 14.6 Å². The molecule has 19 heavy (non-hydrogen) atoms. The highest BCUT2D eigenvalue weighted by molar-refractivity contribution is 5.78. The van der Waals surface area contributed by atoms with Crippen LogP contribution in [0.2, 0.25) is 0 Å². The van der Waals surface area contributed by atoms with Gasteiger partial charge in [-0.05, 0) is 19.3 Å². The fourth-order valence-corrected chi connectivity index (χ4v) is 1.65. The highest BCUT2D eigenvalue weighted by Gasteiger charge is 2.17. The Morgan fingerprint density at radius 3 is 2.37 bits per heavy atom. The summed E-state index contributed by atoms with van der Waals surface area (Å²) in [6.07, 6.45) is 0.286. The van der Waals surface area contributed by atoms with Gasteiger partial charge in [-0.25, -0.2) is 4.79 Å². The van der Waals surface area contributed by atoms with Crippen molar-refractivity contribution in [3.63, 3.8) is 0 Å². The van der Waals surface area contributed by atoms with Crippen molar-refractivity contribution >= 4 is 11.9 Å². The van der Waals surface area contributed by atoms with Crippen LogP contribution < -0.4 is 5.32 Å². The largest absolute Gasteiger partial charge is 0.479 e. The van der Waals surface area contributed by atoms with Gasteiger partial charge >= 0.3 is 5.97 Å². The summed E-state index contributed by atoms with van der Waals surface area (Å²) in [5, 5.41) is 11.2. The molecule has 2 unspecified atom stereocenters. The van der Waals surface area contributed by atoms with Gasteiger partial charge in [-0.2, -0.15) is 0 Å². The van der Waals surface area contributed by atoms with E-state index in [1.807, 2.05) is 6.92 Å². The molecule has 0 saturated heterocycles. The summed E-state index contributed by atoms with van der Waals surface area (Å²) in [6.45, 7) is 6.51. The lowest BCUT2D eigenvalue weighted by atomic mass is 10.1. The summed E-state index contributed by atoms with van der Waals surface area (Å²) < 4.78 is 10.2. The number of rotatable bonds is 10. The van der Waals surface area contributed by atoms with Gasteiger partial charge in [0.1, 0.15) is 0 Å². The van der Waals surface area contributed by atoms with E-state index in [2.05, 4.69) is 19.2 Å². The number of ether oxygens (including phenoxy) is 2. The second-order valence-electron chi connectivity index (χ2n) is 4.93. The van der Waals surface area contributed by atoms with E-state index in [1.165, 1.54) is 7.11 Å². The first-order valence-electron chi connectivity index (χ1n) is 6.50. The van der Waals surface area contributed by atoms with Crippen molar-refractivity contribution in [2.45, 2.75) is 45.8 Å². The maximum Gasteiger partial charge on any atom is 0.334 e. The van der Waals surface area contributed by atoms with Gasteiger partial charge in [-0.1, -0.05) is 13.8 Å². The van der Waals surface area contributed by atoms with Gasteiger partial charge < -0.3 is 19.9 Å². The summed E-state index contributed by atoms with van der Waals surface area (Å²) in [4.78, 5) is 22.1. The number of carboxylic acid groups (broad SMARTS) is 1. The van der Waals surface area contributed by atoms with Gasteiger partial charge in [0.15, 0.2) is 6.10 Å². The number of hydrogen-bond acceptors (Lipinski definition) is 4. The number of nitrogens with one attached hydrogen (secondary N) is 1. The molecule has 0 spiro atoms. The van der Waals surface area contributed by atoms with Crippen LogP contribution in [0.3, 0.4) is 0 Å². The standard InChI is InChI=1S/C13H25NO5/c1-9(2)7-10(3)19-6-5-12(15)14-8-11(18-4)13(16)17/h9-11H,5-8H2,1-4H3,(H,14,15)(H,16,17). The number of hydrogen-bond donors (Lipinski definition) is 2. The van der Waals surface area contributed by atoms with Gasteiger partial charge in [0.25, 0.3) is 0 Å². The average Bonchev–Trinajstić information content (AvgIpc) is 2.28. The van der Waals surface area contributed by atoms with E-state index in [0.717, 1.165) is 6.42 Å². The topological polar surface area (TPSA) is 84.9 Å². The molecule has 0 bridgehead atoms. The minimum Gasteiger partial charge on any atom is -0.479 e. The third-order valence-corrected chi connectivity index (χ3v) is 2.58. The third-order valence-electron chi connectivity index (χ3n) is 2.58. The van der Waals surface area contributed by atoms with Crippen molar-refractivity contribution in [3.05, 3.63) is 0 Å². The third kappa shape index (κ3) is 9.44. The first kappa shape index (κ1) is 17.9. The molecule has 0 aliphatic heterocycles. The van der Waals surface area contributed by atoms with Crippen LogP contribution in [0.1, 0.15) is 33.6 Å². The minimum atomic E-state index is -1.09. The molecule has 0 heterocycles. The molecule has 1 amide bonds. The Labute approximate surface area is 114 Å². The van der Waals surface area contributed by atoms with Crippen molar-refractivity contribution in [2.75, 3.05) is 20.3 Å². The summed E-state index contributed by atoms with van der Waals surface area (Å²) in [7, 11) is 1.29. The van der Waals surface area contributed by atoms with Crippen LogP contribution in [0.5, 0.6) is 0 Å². The molecule has 0 fully saturated rings. The first-order chi connectivity index (χ1) is 8.86. The molecule has 112 valence electrons. The highest BCUT2D eigenvalue weighted by Crippen LogP contribution is 2.07. The molecule has 0 aromatic rings. The molecular formula is C13H25NO5. The first-order valence-corrected chi connectivity index (χ1v) is 6.50. The molecule has 0 aromatic carbocycles. The van der Waals surface area contributed by atoms with Crippen molar-refractivity contribution in [1.29, 1.82) is 0 Å². The number of methoxy groups -OCH3 is 1. The van der Waals surface area contributed by atoms with Crippen LogP contribution in [0, 0.1) is 5.92 Å². The van der Waals surface area contributed by atoms with E-state index in [-0.39, 0.29) is 25.0 Å². The minimum absolute atomic E-state index is 0.0355. The van der Waals surface area contributed by atoms with Gasteiger partial charge in [0, 0.05) is 13.5 Å². The smallest absolute Gasteiger partial charge is 0.334 e. The zero-order valence-electron chi connectivity index (χ0n) is 12.1.